The summed E-state index contributed by atoms with van der Waals surface area (Å²) in [6, 6.07) is 8.24. The van der Waals surface area contributed by atoms with E-state index in [9.17, 15) is 0 Å². The van der Waals surface area contributed by atoms with Crippen LogP contribution in [0.4, 0.5) is 5.69 Å². The van der Waals surface area contributed by atoms with E-state index in [1.54, 1.807) is 0 Å². The molecule has 0 saturated heterocycles. The van der Waals surface area contributed by atoms with E-state index in [2.05, 4.69) is 28.2 Å². The molecule has 0 bridgehead atoms. The highest BCUT2D eigenvalue weighted by atomic mass is 35.5. The first-order valence-electron chi connectivity index (χ1n) is 6.77. The fourth-order valence-electron chi connectivity index (χ4n) is 2.37. The molecule has 1 aromatic carbocycles. The van der Waals surface area contributed by atoms with Crippen LogP contribution in [0, 0.1) is 0 Å². The van der Waals surface area contributed by atoms with E-state index in [1.165, 1.54) is 5.39 Å². The molecule has 0 saturated carbocycles. The zero-order chi connectivity index (χ0) is 13.9. The lowest BCUT2D eigenvalue weighted by Gasteiger charge is -2.07. The first kappa shape index (κ1) is 13.1. The number of fused-ring (bicyclic) bond motifs is 1. The molecule has 0 amide bonds. The van der Waals surface area contributed by atoms with Crippen molar-refractivity contribution >= 4 is 39.1 Å². The Bertz CT molecular complexity index is 722. The van der Waals surface area contributed by atoms with Crippen molar-refractivity contribution in [2.45, 2.75) is 26.2 Å². The highest BCUT2D eigenvalue weighted by Crippen LogP contribution is 2.22. The molecule has 1 aliphatic heterocycles. The van der Waals surface area contributed by atoms with Crippen molar-refractivity contribution in [1.82, 2.24) is 4.98 Å². The molecule has 2 aromatic rings. The van der Waals surface area contributed by atoms with Gasteiger partial charge in [0, 0.05) is 34.9 Å². The van der Waals surface area contributed by atoms with Crippen molar-refractivity contribution in [1.29, 1.82) is 0 Å². The van der Waals surface area contributed by atoms with E-state index >= 15 is 0 Å². The second kappa shape index (κ2) is 5.63. The second-order valence-corrected chi connectivity index (χ2v) is 5.42. The Morgan fingerprint density at radius 2 is 2.15 bits per heavy atom. The van der Waals surface area contributed by atoms with Gasteiger partial charge in [0.25, 0.3) is 0 Å². The molecule has 0 aliphatic carbocycles. The maximum absolute atomic E-state index is 6.02. The van der Waals surface area contributed by atoms with E-state index < -0.39 is 0 Å². The first-order chi connectivity index (χ1) is 9.70. The lowest BCUT2D eigenvalue weighted by molar-refractivity contribution is 0.922. The molecule has 1 aromatic heterocycles. The number of rotatable bonds is 1. The van der Waals surface area contributed by atoms with Crippen LogP contribution in [0.2, 0.25) is 0 Å². The number of nitrogens with zero attached hydrogens (tertiary/aromatic N) is 2. The molecule has 0 atom stereocenters. The minimum absolute atomic E-state index is 0.687. The highest BCUT2D eigenvalue weighted by Gasteiger charge is 2.05. The van der Waals surface area contributed by atoms with Crippen LogP contribution in [0.5, 0.6) is 0 Å². The topological polar surface area (TPSA) is 40.5 Å². The summed E-state index contributed by atoms with van der Waals surface area (Å²) in [5, 5.41) is 1.87. The minimum atomic E-state index is 0.687. The van der Waals surface area contributed by atoms with Crippen molar-refractivity contribution in [3.63, 3.8) is 0 Å². The zero-order valence-corrected chi connectivity index (χ0v) is 12.1. The number of halogens is 1. The summed E-state index contributed by atoms with van der Waals surface area (Å²) in [5.74, 6) is 0. The number of aromatic amines is 1. The number of hydrogen-bond acceptors (Lipinski definition) is 2. The molecule has 102 valence electrons. The zero-order valence-electron chi connectivity index (χ0n) is 11.4. The SMILES string of the molecule is C/C1=C/C(=Nc2ccc3[nH]ccc3c2)CCCC(Cl)=N1. The largest absolute Gasteiger partial charge is 0.361 e. The van der Waals surface area contributed by atoms with Crippen LogP contribution in [-0.4, -0.2) is 15.9 Å². The Morgan fingerprint density at radius 1 is 1.25 bits per heavy atom. The molecule has 1 aliphatic rings. The normalized spacial score (nSPS) is 21.2. The monoisotopic (exact) mass is 285 g/mol. The molecular weight excluding hydrogens is 270 g/mol. The van der Waals surface area contributed by atoms with Crippen molar-refractivity contribution < 1.29 is 0 Å². The lowest BCUT2D eigenvalue weighted by atomic mass is 10.1. The third kappa shape index (κ3) is 2.99. The van der Waals surface area contributed by atoms with E-state index in [4.69, 9.17) is 16.6 Å². The number of nitrogens with one attached hydrogen (secondary N) is 1. The minimum Gasteiger partial charge on any atom is -0.361 e. The summed E-state index contributed by atoms with van der Waals surface area (Å²) in [4.78, 5) is 12.3. The van der Waals surface area contributed by atoms with Gasteiger partial charge in [-0.1, -0.05) is 11.6 Å². The number of H-pyrrole nitrogens is 1. The summed E-state index contributed by atoms with van der Waals surface area (Å²) in [5.41, 5.74) is 4.09. The Hall–Kier alpha value is -1.87. The number of allylic oxidation sites excluding steroid dienone is 2. The van der Waals surface area contributed by atoms with Gasteiger partial charge in [-0.15, -0.1) is 0 Å². The Labute approximate surface area is 123 Å². The number of aromatic nitrogens is 1. The third-order valence-electron chi connectivity index (χ3n) is 3.30. The molecule has 0 radical (unpaired) electrons. The average molecular weight is 286 g/mol. The van der Waals surface area contributed by atoms with Gasteiger partial charge in [-0.2, -0.15) is 0 Å². The number of hydrogen-bond donors (Lipinski definition) is 1. The van der Waals surface area contributed by atoms with Gasteiger partial charge >= 0.3 is 0 Å². The quantitative estimate of drug-likeness (QED) is 0.769. The van der Waals surface area contributed by atoms with Crippen molar-refractivity contribution in [3.05, 3.63) is 42.2 Å². The Morgan fingerprint density at radius 3 is 3.05 bits per heavy atom. The Kier molecular flexibility index (Phi) is 3.70. The van der Waals surface area contributed by atoms with Crippen LogP contribution < -0.4 is 0 Å². The molecule has 0 fully saturated rings. The molecule has 0 unspecified atom stereocenters. The number of benzene rings is 1. The lowest BCUT2D eigenvalue weighted by Crippen LogP contribution is -2.01. The van der Waals surface area contributed by atoms with Gasteiger partial charge in [0.2, 0.25) is 0 Å². The average Bonchev–Trinajstić information content (AvgIpc) is 2.84. The second-order valence-electron chi connectivity index (χ2n) is 4.98. The van der Waals surface area contributed by atoms with Crippen molar-refractivity contribution in [3.8, 4) is 0 Å². The molecule has 20 heavy (non-hydrogen) atoms. The van der Waals surface area contributed by atoms with Crippen molar-refractivity contribution in [2.75, 3.05) is 0 Å². The smallest absolute Gasteiger partial charge is 0.106 e. The van der Waals surface area contributed by atoms with Crippen LogP contribution >= 0.6 is 11.6 Å². The summed E-state index contributed by atoms with van der Waals surface area (Å²) < 4.78 is 0. The summed E-state index contributed by atoms with van der Waals surface area (Å²) in [7, 11) is 0. The van der Waals surface area contributed by atoms with Gasteiger partial charge in [-0.05, 0) is 50.1 Å². The molecule has 3 nitrogen and oxygen atoms in total. The van der Waals surface area contributed by atoms with Crippen LogP contribution in [0.1, 0.15) is 26.2 Å². The number of aliphatic imine (C=N–C) groups is 2. The van der Waals surface area contributed by atoms with Crippen LogP contribution in [-0.2, 0) is 0 Å². The fraction of sp³-hybridized carbons (Fsp3) is 0.250. The molecule has 1 N–H and O–H groups in total. The van der Waals surface area contributed by atoms with Gasteiger partial charge in [0.05, 0.1) is 5.69 Å². The van der Waals surface area contributed by atoms with E-state index in [0.29, 0.717) is 5.17 Å². The maximum atomic E-state index is 6.02. The summed E-state index contributed by atoms with van der Waals surface area (Å²) >= 11 is 6.02. The Balaban J connectivity index is 1.95. The molecular formula is C16H16ClN3. The van der Waals surface area contributed by atoms with Gasteiger partial charge in [0.15, 0.2) is 0 Å². The van der Waals surface area contributed by atoms with Gasteiger partial charge in [-0.25, -0.2) is 4.99 Å². The van der Waals surface area contributed by atoms with Gasteiger partial charge in [-0.3, -0.25) is 4.99 Å². The fourth-order valence-corrected chi connectivity index (χ4v) is 2.64. The standard InChI is InChI=1S/C16H16ClN3/c1-11-9-13(3-2-4-16(17)19-11)20-14-5-6-15-12(10-14)7-8-18-15/h5-10,18H,2-4H2,1H3/b11-9-,19-16?,20-13?. The van der Waals surface area contributed by atoms with Gasteiger partial charge in [0.1, 0.15) is 5.17 Å². The van der Waals surface area contributed by atoms with Gasteiger partial charge < -0.3 is 4.98 Å². The van der Waals surface area contributed by atoms with E-state index in [0.717, 1.165) is 41.9 Å². The maximum Gasteiger partial charge on any atom is 0.106 e. The molecule has 0 spiro atoms. The van der Waals surface area contributed by atoms with Crippen LogP contribution in [0.3, 0.4) is 0 Å². The predicted molar refractivity (Wildman–Crippen MR) is 86.3 cm³/mol. The third-order valence-corrected chi connectivity index (χ3v) is 3.57. The van der Waals surface area contributed by atoms with Crippen molar-refractivity contribution in [2.24, 2.45) is 9.98 Å². The van der Waals surface area contributed by atoms with Crippen LogP contribution in [0.25, 0.3) is 10.9 Å². The molecule has 4 heteroatoms. The molecule has 3 rings (SSSR count). The first-order valence-corrected chi connectivity index (χ1v) is 7.14. The van der Waals surface area contributed by atoms with E-state index in [-0.39, 0.29) is 0 Å². The summed E-state index contributed by atoms with van der Waals surface area (Å²) in [6.45, 7) is 1.96. The predicted octanol–water partition coefficient (Wildman–Crippen LogP) is 4.97. The van der Waals surface area contributed by atoms with Crippen LogP contribution in [0.15, 0.2) is 52.2 Å². The van der Waals surface area contributed by atoms with E-state index in [1.807, 2.05) is 25.3 Å². The highest BCUT2D eigenvalue weighted by molar-refractivity contribution is 6.65. The summed E-state index contributed by atoms with van der Waals surface area (Å²) in [6.07, 6.45) is 6.69. The molecule has 2 heterocycles.